The molecule has 1 aliphatic heterocycles. The van der Waals surface area contributed by atoms with Crippen LogP contribution >= 0.6 is 11.6 Å². The molecule has 2 aromatic carbocycles. The number of benzene rings is 2. The van der Waals surface area contributed by atoms with E-state index in [1.54, 1.807) is 6.26 Å². The first-order chi connectivity index (χ1) is 12.7. The van der Waals surface area contributed by atoms with Crippen molar-refractivity contribution in [1.82, 2.24) is 10.2 Å². The average Bonchev–Trinajstić information content (AvgIpc) is 3.33. The fraction of sp³-hybridized carbons (Fsp3) is 0.286. The van der Waals surface area contributed by atoms with Gasteiger partial charge in [0.15, 0.2) is 0 Å². The van der Waals surface area contributed by atoms with Gasteiger partial charge in [0.25, 0.3) is 5.91 Å². The molecule has 0 spiro atoms. The van der Waals surface area contributed by atoms with Crippen molar-refractivity contribution < 1.29 is 9.21 Å². The molecular formula is C21H21ClN2O2. The highest BCUT2D eigenvalue weighted by atomic mass is 35.5. The monoisotopic (exact) mass is 368 g/mol. The fourth-order valence-electron chi connectivity index (χ4n) is 3.49. The summed E-state index contributed by atoms with van der Waals surface area (Å²) in [7, 11) is 0. The van der Waals surface area contributed by atoms with Gasteiger partial charge in [-0.1, -0.05) is 23.7 Å². The third-order valence-electron chi connectivity index (χ3n) is 4.91. The molecule has 2 heterocycles. The molecule has 1 unspecified atom stereocenters. The van der Waals surface area contributed by atoms with Crippen LogP contribution < -0.4 is 5.32 Å². The molecule has 1 aliphatic rings. The number of furan rings is 1. The predicted octanol–water partition coefficient (Wildman–Crippen LogP) is 4.34. The molecule has 1 amide bonds. The Morgan fingerprint density at radius 2 is 2.04 bits per heavy atom. The first-order valence-electron chi connectivity index (χ1n) is 8.91. The van der Waals surface area contributed by atoms with Crippen LogP contribution in [0.15, 0.2) is 59.2 Å². The Bertz CT molecular complexity index is 898. The fourth-order valence-corrected chi connectivity index (χ4v) is 3.62. The minimum Gasteiger partial charge on any atom is -0.464 e. The van der Waals surface area contributed by atoms with Gasteiger partial charge in [-0.3, -0.25) is 4.79 Å². The van der Waals surface area contributed by atoms with Crippen LogP contribution in [0.4, 0.5) is 0 Å². The molecule has 1 saturated heterocycles. The molecule has 1 atom stereocenters. The quantitative estimate of drug-likeness (QED) is 0.728. The molecule has 5 heteroatoms. The van der Waals surface area contributed by atoms with Gasteiger partial charge in [0, 0.05) is 29.1 Å². The van der Waals surface area contributed by atoms with E-state index in [0.717, 1.165) is 42.6 Å². The van der Waals surface area contributed by atoms with Gasteiger partial charge < -0.3 is 14.6 Å². The maximum atomic E-state index is 13.2. The number of halogens is 1. The lowest BCUT2D eigenvalue weighted by molar-refractivity contribution is 0.0719. The molecule has 26 heavy (non-hydrogen) atoms. The topological polar surface area (TPSA) is 45.5 Å². The molecule has 1 aromatic heterocycles. The molecule has 0 aliphatic carbocycles. The Morgan fingerprint density at radius 3 is 2.81 bits per heavy atom. The number of hydrogen-bond donors (Lipinski definition) is 1. The van der Waals surface area contributed by atoms with Crippen LogP contribution in [0, 0.1) is 5.92 Å². The smallest absolute Gasteiger partial charge is 0.254 e. The average molecular weight is 369 g/mol. The van der Waals surface area contributed by atoms with Gasteiger partial charge >= 0.3 is 0 Å². The molecule has 0 radical (unpaired) electrons. The lowest BCUT2D eigenvalue weighted by Crippen LogP contribution is -2.35. The molecule has 4 nitrogen and oxygen atoms in total. The number of nitrogens with one attached hydrogen (secondary N) is 1. The van der Waals surface area contributed by atoms with Crippen molar-refractivity contribution >= 4 is 28.5 Å². The van der Waals surface area contributed by atoms with E-state index in [9.17, 15) is 4.79 Å². The van der Waals surface area contributed by atoms with Gasteiger partial charge in [0.05, 0.1) is 6.26 Å². The van der Waals surface area contributed by atoms with Crippen LogP contribution in [0.3, 0.4) is 0 Å². The number of fused-ring (bicyclic) bond motifs is 1. The van der Waals surface area contributed by atoms with Crippen molar-refractivity contribution in [2.45, 2.75) is 13.0 Å². The van der Waals surface area contributed by atoms with Crippen molar-refractivity contribution in [1.29, 1.82) is 0 Å². The SMILES string of the molecule is O=C(c1ccc2occc2c1)N(Cc1ccc(Cl)cc1)CC1CCNC1. The summed E-state index contributed by atoms with van der Waals surface area (Å²) in [6, 6.07) is 15.2. The Hall–Kier alpha value is -2.30. The van der Waals surface area contributed by atoms with E-state index in [1.807, 2.05) is 53.4 Å². The predicted molar refractivity (Wildman–Crippen MR) is 103 cm³/mol. The van der Waals surface area contributed by atoms with Crippen LogP contribution in [-0.2, 0) is 6.54 Å². The summed E-state index contributed by atoms with van der Waals surface area (Å²) in [5, 5.41) is 5.04. The van der Waals surface area contributed by atoms with E-state index in [2.05, 4.69) is 5.32 Å². The van der Waals surface area contributed by atoms with Gasteiger partial charge in [-0.2, -0.15) is 0 Å². The molecule has 1 fully saturated rings. The maximum absolute atomic E-state index is 13.2. The number of hydrogen-bond acceptors (Lipinski definition) is 3. The summed E-state index contributed by atoms with van der Waals surface area (Å²) >= 11 is 5.99. The zero-order valence-corrected chi connectivity index (χ0v) is 15.2. The highest BCUT2D eigenvalue weighted by molar-refractivity contribution is 6.30. The molecule has 134 valence electrons. The van der Waals surface area contributed by atoms with E-state index in [0.29, 0.717) is 23.0 Å². The number of carbonyl (C=O) groups is 1. The third-order valence-corrected chi connectivity index (χ3v) is 5.17. The molecular weight excluding hydrogens is 348 g/mol. The second-order valence-corrected chi connectivity index (χ2v) is 7.28. The number of rotatable bonds is 5. The number of nitrogens with zero attached hydrogens (tertiary/aromatic N) is 1. The zero-order chi connectivity index (χ0) is 17.9. The van der Waals surface area contributed by atoms with Crippen LogP contribution in [0.2, 0.25) is 5.02 Å². The van der Waals surface area contributed by atoms with Gasteiger partial charge in [-0.25, -0.2) is 0 Å². The van der Waals surface area contributed by atoms with Crippen molar-refractivity contribution in [2.75, 3.05) is 19.6 Å². The van der Waals surface area contributed by atoms with Gasteiger partial charge in [0.2, 0.25) is 0 Å². The van der Waals surface area contributed by atoms with Crippen LogP contribution in [0.25, 0.3) is 11.0 Å². The lowest BCUT2D eigenvalue weighted by atomic mass is 10.1. The van der Waals surface area contributed by atoms with Crippen molar-refractivity contribution in [3.8, 4) is 0 Å². The summed E-state index contributed by atoms with van der Waals surface area (Å²) in [6.07, 6.45) is 2.75. The Labute approximate surface area is 157 Å². The molecule has 0 saturated carbocycles. The molecule has 0 bridgehead atoms. The van der Waals surface area contributed by atoms with Crippen molar-refractivity contribution in [2.24, 2.45) is 5.92 Å². The lowest BCUT2D eigenvalue weighted by Gasteiger charge is -2.26. The second kappa shape index (κ2) is 7.52. The van der Waals surface area contributed by atoms with E-state index >= 15 is 0 Å². The Kier molecular flexibility index (Phi) is 4.96. The highest BCUT2D eigenvalue weighted by Gasteiger charge is 2.23. The molecule has 1 N–H and O–H groups in total. The molecule has 3 aromatic rings. The number of carbonyl (C=O) groups excluding carboxylic acids is 1. The van der Waals surface area contributed by atoms with Crippen molar-refractivity contribution in [3.63, 3.8) is 0 Å². The maximum Gasteiger partial charge on any atom is 0.254 e. The van der Waals surface area contributed by atoms with E-state index in [-0.39, 0.29) is 5.91 Å². The van der Waals surface area contributed by atoms with Crippen LogP contribution in [0.5, 0.6) is 0 Å². The minimum atomic E-state index is 0.0509. The summed E-state index contributed by atoms with van der Waals surface area (Å²) in [4.78, 5) is 15.2. The largest absolute Gasteiger partial charge is 0.464 e. The summed E-state index contributed by atoms with van der Waals surface area (Å²) in [5.74, 6) is 0.541. The van der Waals surface area contributed by atoms with Crippen molar-refractivity contribution in [3.05, 3.63) is 70.9 Å². The summed E-state index contributed by atoms with van der Waals surface area (Å²) in [6.45, 7) is 3.31. The zero-order valence-electron chi connectivity index (χ0n) is 14.5. The Morgan fingerprint density at radius 1 is 1.19 bits per heavy atom. The second-order valence-electron chi connectivity index (χ2n) is 6.84. The minimum absolute atomic E-state index is 0.0509. The summed E-state index contributed by atoms with van der Waals surface area (Å²) < 4.78 is 5.38. The van der Waals surface area contributed by atoms with E-state index in [1.165, 1.54) is 0 Å². The van der Waals surface area contributed by atoms with Gasteiger partial charge in [0.1, 0.15) is 5.58 Å². The first-order valence-corrected chi connectivity index (χ1v) is 9.28. The van der Waals surface area contributed by atoms with E-state index < -0.39 is 0 Å². The third kappa shape index (κ3) is 3.76. The van der Waals surface area contributed by atoms with Gasteiger partial charge in [-0.05, 0) is 67.4 Å². The van der Waals surface area contributed by atoms with E-state index in [4.69, 9.17) is 16.0 Å². The summed E-state index contributed by atoms with van der Waals surface area (Å²) in [5.41, 5.74) is 2.57. The number of amides is 1. The van der Waals surface area contributed by atoms with Crippen LogP contribution in [0.1, 0.15) is 22.3 Å². The Balaban J connectivity index is 1.59. The van der Waals surface area contributed by atoms with Gasteiger partial charge in [-0.15, -0.1) is 0 Å². The highest BCUT2D eigenvalue weighted by Crippen LogP contribution is 2.21. The normalized spacial score (nSPS) is 16.9. The standard InChI is InChI=1S/C21H21ClN2O2/c22-19-4-1-15(2-5-19)13-24(14-16-7-9-23-12-16)21(25)18-3-6-20-17(11-18)8-10-26-20/h1-6,8,10-11,16,23H,7,9,12-14H2. The molecule has 4 rings (SSSR count). The van der Waals surface area contributed by atoms with Crippen LogP contribution in [-0.4, -0.2) is 30.4 Å². The first kappa shape index (κ1) is 17.1.